The maximum absolute atomic E-state index is 12.4. The summed E-state index contributed by atoms with van der Waals surface area (Å²) in [5, 5.41) is 3.37. The van der Waals surface area contributed by atoms with E-state index < -0.39 is 6.43 Å². The predicted octanol–water partition coefficient (Wildman–Crippen LogP) is 3.53. The zero-order valence-electron chi connectivity index (χ0n) is 11.0. The third-order valence-corrected chi connectivity index (χ3v) is 2.83. The van der Waals surface area contributed by atoms with E-state index in [0.29, 0.717) is 19.2 Å². The molecule has 2 nitrogen and oxygen atoms in total. The molecule has 1 rings (SSSR count). The summed E-state index contributed by atoms with van der Waals surface area (Å²) in [4.78, 5) is 0. The van der Waals surface area contributed by atoms with Crippen LogP contribution in [-0.2, 0) is 11.3 Å². The van der Waals surface area contributed by atoms with Gasteiger partial charge in [-0.3, -0.25) is 0 Å². The number of halogens is 2. The van der Waals surface area contributed by atoms with Crippen LogP contribution in [0.25, 0.3) is 0 Å². The summed E-state index contributed by atoms with van der Waals surface area (Å²) in [5.41, 5.74) is 1.08. The minimum absolute atomic E-state index is 0.0701. The molecule has 0 saturated heterocycles. The van der Waals surface area contributed by atoms with E-state index in [9.17, 15) is 8.78 Å². The van der Waals surface area contributed by atoms with Crippen LogP contribution in [0.3, 0.4) is 0 Å². The van der Waals surface area contributed by atoms with Crippen LogP contribution in [0.1, 0.15) is 37.3 Å². The molecular formula is C14H21F2NO. The van der Waals surface area contributed by atoms with E-state index in [0.717, 1.165) is 18.4 Å². The number of methoxy groups -OCH3 is 1. The van der Waals surface area contributed by atoms with Gasteiger partial charge in [0, 0.05) is 25.3 Å². The molecule has 1 aromatic carbocycles. The average molecular weight is 257 g/mol. The van der Waals surface area contributed by atoms with Gasteiger partial charge in [0.15, 0.2) is 0 Å². The van der Waals surface area contributed by atoms with E-state index in [1.54, 1.807) is 19.2 Å². The van der Waals surface area contributed by atoms with Crippen molar-refractivity contribution >= 4 is 0 Å². The largest absolute Gasteiger partial charge is 0.383 e. The first-order valence-corrected chi connectivity index (χ1v) is 6.26. The number of rotatable bonds is 8. The summed E-state index contributed by atoms with van der Waals surface area (Å²) in [7, 11) is 1.68. The second-order valence-electron chi connectivity index (χ2n) is 4.36. The van der Waals surface area contributed by atoms with E-state index in [1.807, 2.05) is 0 Å². The van der Waals surface area contributed by atoms with Gasteiger partial charge in [0.25, 0.3) is 6.43 Å². The van der Waals surface area contributed by atoms with Gasteiger partial charge in [0.2, 0.25) is 0 Å². The summed E-state index contributed by atoms with van der Waals surface area (Å²) in [6.45, 7) is 3.47. The number of benzene rings is 1. The lowest BCUT2D eigenvalue weighted by Crippen LogP contribution is -2.32. The molecular weight excluding hydrogens is 236 g/mol. The first-order valence-electron chi connectivity index (χ1n) is 6.26. The normalized spacial score (nSPS) is 12.9. The smallest absolute Gasteiger partial charge is 0.263 e. The van der Waals surface area contributed by atoms with E-state index in [1.165, 1.54) is 12.1 Å². The zero-order chi connectivity index (χ0) is 13.4. The Hall–Kier alpha value is -1.00. The van der Waals surface area contributed by atoms with Crippen molar-refractivity contribution in [1.29, 1.82) is 0 Å². The lowest BCUT2D eigenvalue weighted by Gasteiger charge is -2.17. The van der Waals surface area contributed by atoms with E-state index in [4.69, 9.17) is 4.74 Å². The van der Waals surface area contributed by atoms with Crippen molar-refractivity contribution in [2.45, 2.75) is 38.8 Å². The Morgan fingerprint density at radius 3 is 2.39 bits per heavy atom. The van der Waals surface area contributed by atoms with Crippen LogP contribution >= 0.6 is 0 Å². The molecule has 0 heterocycles. The molecule has 0 fully saturated rings. The third kappa shape index (κ3) is 5.10. The molecule has 1 atom stereocenters. The summed E-state index contributed by atoms with van der Waals surface area (Å²) in [6, 6.07) is 6.75. The molecule has 0 bridgehead atoms. The molecule has 0 spiro atoms. The van der Waals surface area contributed by atoms with Crippen molar-refractivity contribution < 1.29 is 13.5 Å². The number of nitrogens with one attached hydrogen (secondary N) is 1. The predicted molar refractivity (Wildman–Crippen MR) is 68.8 cm³/mol. The molecule has 1 N–H and O–H groups in total. The Bertz CT molecular complexity index is 321. The second-order valence-corrected chi connectivity index (χ2v) is 4.36. The van der Waals surface area contributed by atoms with Crippen LogP contribution in [0.4, 0.5) is 8.78 Å². The average Bonchev–Trinajstić information content (AvgIpc) is 2.37. The fourth-order valence-corrected chi connectivity index (χ4v) is 1.84. The number of alkyl halides is 2. The standard InChI is InChI=1S/C14H21F2NO/c1-3-4-13(10-18-2)17-9-11-5-7-12(8-6-11)14(15)16/h5-8,13-14,17H,3-4,9-10H2,1-2H3. The minimum Gasteiger partial charge on any atom is -0.383 e. The van der Waals surface area contributed by atoms with Gasteiger partial charge in [-0.25, -0.2) is 8.78 Å². The van der Waals surface area contributed by atoms with Crippen molar-refractivity contribution in [3.63, 3.8) is 0 Å². The maximum atomic E-state index is 12.4. The van der Waals surface area contributed by atoms with Crippen molar-refractivity contribution in [2.75, 3.05) is 13.7 Å². The Kier molecular flexibility index (Phi) is 6.83. The quantitative estimate of drug-likeness (QED) is 0.769. The van der Waals surface area contributed by atoms with Crippen LogP contribution in [0, 0.1) is 0 Å². The van der Waals surface area contributed by atoms with E-state index in [2.05, 4.69) is 12.2 Å². The van der Waals surface area contributed by atoms with Crippen molar-refractivity contribution in [3.8, 4) is 0 Å². The molecule has 0 saturated carbocycles. The first-order chi connectivity index (χ1) is 8.67. The Morgan fingerprint density at radius 1 is 1.22 bits per heavy atom. The highest BCUT2D eigenvalue weighted by atomic mass is 19.3. The molecule has 0 amide bonds. The molecule has 1 unspecified atom stereocenters. The van der Waals surface area contributed by atoms with Crippen LogP contribution in [-0.4, -0.2) is 19.8 Å². The van der Waals surface area contributed by atoms with Crippen molar-refractivity contribution in [1.82, 2.24) is 5.32 Å². The van der Waals surface area contributed by atoms with Gasteiger partial charge in [-0.1, -0.05) is 37.6 Å². The monoisotopic (exact) mass is 257 g/mol. The SMILES string of the molecule is CCCC(COC)NCc1ccc(C(F)F)cc1. The van der Waals surface area contributed by atoms with Gasteiger partial charge in [-0.05, 0) is 12.0 Å². The second kappa shape index (κ2) is 8.16. The number of ether oxygens (including phenoxy) is 1. The minimum atomic E-state index is -2.40. The summed E-state index contributed by atoms with van der Waals surface area (Å²) in [6.07, 6.45) is -0.262. The van der Waals surface area contributed by atoms with Gasteiger partial charge < -0.3 is 10.1 Å². The fourth-order valence-electron chi connectivity index (χ4n) is 1.84. The van der Waals surface area contributed by atoms with Crippen LogP contribution < -0.4 is 5.32 Å². The Morgan fingerprint density at radius 2 is 1.89 bits per heavy atom. The van der Waals surface area contributed by atoms with Gasteiger partial charge in [0.05, 0.1) is 6.61 Å². The summed E-state index contributed by atoms with van der Waals surface area (Å²) >= 11 is 0. The Labute approximate surface area is 107 Å². The van der Waals surface area contributed by atoms with Gasteiger partial charge in [-0.2, -0.15) is 0 Å². The van der Waals surface area contributed by atoms with Crippen molar-refractivity contribution in [3.05, 3.63) is 35.4 Å². The van der Waals surface area contributed by atoms with Gasteiger partial charge in [0.1, 0.15) is 0 Å². The molecule has 102 valence electrons. The first kappa shape index (κ1) is 15.1. The van der Waals surface area contributed by atoms with Crippen LogP contribution in [0.5, 0.6) is 0 Å². The molecule has 0 radical (unpaired) electrons. The summed E-state index contributed by atoms with van der Waals surface area (Å²) < 4.78 is 29.9. The van der Waals surface area contributed by atoms with Crippen molar-refractivity contribution in [2.24, 2.45) is 0 Å². The molecule has 0 aliphatic heterocycles. The van der Waals surface area contributed by atoms with E-state index >= 15 is 0 Å². The summed E-state index contributed by atoms with van der Waals surface area (Å²) in [5.74, 6) is 0. The molecule has 0 aromatic heterocycles. The molecule has 4 heteroatoms. The van der Waals surface area contributed by atoms with E-state index in [-0.39, 0.29) is 5.56 Å². The zero-order valence-corrected chi connectivity index (χ0v) is 11.0. The van der Waals surface area contributed by atoms with Crippen LogP contribution in [0.2, 0.25) is 0 Å². The topological polar surface area (TPSA) is 21.3 Å². The van der Waals surface area contributed by atoms with Gasteiger partial charge in [-0.15, -0.1) is 0 Å². The molecule has 18 heavy (non-hydrogen) atoms. The fraction of sp³-hybridized carbons (Fsp3) is 0.571. The highest BCUT2D eigenvalue weighted by Gasteiger charge is 2.08. The molecule has 0 aliphatic rings. The number of hydrogen-bond acceptors (Lipinski definition) is 2. The lowest BCUT2D eigenvalue weighted by molar-refractivity contribution is 0.151. The maximum Gasteiger partial charge on any atom is 0.263 e. The third-order valence-electron chi connectivity index (χ3n) is 2.83. The van der Waals surface area contributed by atoms with Crippen LogP contribution in [0.15, 0.2) is 24.3 Å². The Balaban J connectivity index is 2.46. The molecule has 0 aliphatic carbocycles. The lowest BCUT2D eigenvalue weighted by atomic mass is 10.1. The number of hydrogen-bond donors (Lipinski definition) is 1. The highest BCUT2D eigenvalue weighted by Crippen LogP contribution is 2.18. The molecule has 1 aromatic rings. The highest BCUT2D eigenvalue weighted by molar-refractivity contribution is 5.23. The van der Waals surface area contributed by atoms with Gasteiger partial charge >= 0.3 is 0 Å².